The lowest BCUT2D eigenvalue weighted by Gasteiger charge is -2.53. The SMILES string of the molecule is CON=C(C(=O)NC1C(=O)N2CC(CSc3nncs3)(C(=O)O)CS[C@H]12)C1=CSc2ccccc2S1. The first-order chi connectivity index (χ1) is 17.4. The van der Waals surface area contributed by atoms with Crippen LogP contribution in [0.1, 0.15) is 0 Å². The van der Waals surface area contributed by atoms with Crippen molar-refractivity contribution < 1.29 is 24.3 Å². The van der Waals surface area contributed by atoms with E-state index in [0.29, 0.717) is 15.0 Å². The van der Waals surface area contributed by atoms with E-state index in [0.717, 1.165) is 9.79 Å². The number of fused-ring (bicyclic) bond motifs is 2. The van der Waals surface area contributed by atoms with E-state index in [1.54, 1.807) is 5.51 Å². The molecule has 4 heterocycles. The first-order valence-corrected chi connectivity index (χ1v) is 15.1. The molecule has 2 saturated heterocycles. The van der Waals surface area contributed by atoms with E-state index in [2.05, 4.69) is 20.7 Å². The third-order valence-electron chi connectivity index (χ3n) is 5.69. The molecule has 2 fully saturated rings. The van der Waals surface area contributed by atoms with Crippen LogP contribution in [0.3, 0.4) is 0 Å². The van der Waals surface area contributed by atoms with Gasteiger partial charge in [0.05, 0.1) is 4.91 Å². The van der Waals surface area contributed by atoms with Gasteiger partial charge in [0.1, 0.15) is 29.5 Å². The van der Waals surface area contributed by atoms with Crippen molar-refractivity contribution in [2.75, 3.05) is 25.2 Å². The van der Waals surface area contributed by atoms with Crippen LogP contribution in [0.25, 0.3) is 0 Å². The molecule has 3 aliphatic heterocycles. The van der Waals surface area contributed by atoms with Crippen LogP contribution in [0.5, 0.6) is 0 Å². The molecule has 1 aromatic carbocycles. The maximum atomic E-state index is 13.2. The molecule has 10 nitrogen and oxygen atoms in total. The normalized spacial score (nSPS) is 25.2. The Balaban J connectivity index is 1.25. The van der Waals surface area contributed by atoms with Crippen LogP contribution in [0.15, 0.2) is 59.4 Å². The number of benzene rings is 1. The minimum atomic E-state index is -1.11. The lowest BCUT2D eigenvalue weighted by Crippen LogP contribution is -2.74. The Morgan fingerprint density at radius 2 is 2.17 bits per heavy atom. The van der Waals surface area contributed by atoms with Crippen molar-refractivity contribution in [1.29, 1.82) is 0 Å². The highest BCUT2D eigenvalue weighted by Crippen LogP contribution is 2.45. The van der Waals surface area contributed by atoms with Gasteiger partial charge in [-0.25, -0.2) is 0 Å². The van der Waals surface area contributed by atoms with E-state index in [4.69, 9.17) is 4.84 Å². The second kappa shape index (κ2) is 10.7. The number of carbonyl (C=O) groups is 3. The Morgan fingerprint density at radius 3 is 2.89 bits per heavy atom. The zero-order chi connectivity index (χ0) is 25.3. The summed E-state index contributed by atoms with van der Waals surface area (Å²) in [6.45, 7) is 0.0739. The number of carbonyl (C=O) groups excluding carboxylic acids is 2. The molecule has 5 rings (SSSR count). The Kier molecular flexibility index (Phi) is 7.53. The number of carboxylic acid groups (broad SMARTS) is 1. The molecule has 0 bridgehead atoms. The Hall–Kier alpha value is -2.20. The van der Waals surface area contributed by atoms with Gasteiger partial charge in [-0.05, 0) is 17.5 Å². The van der Waals surface area contributed by atoms with Gasteiger partial charge >= 0.3 is 5.97 Å². The van der Waals surface area contributed by atoms with Crippen LogP contribution in [-0.4, -0.2) is 80.3 Å². The number of rotatable bonds is 8. The summed E-state index contributed by atoms with van der Waals surface area (Å²) in [6.07, 6.45) is 0. The van der Waals surface area contributed by atoms with E-state index in [-0.39, 0.29) is 29.3 Å². The highest BCUT2D eigenvalue weighted by molar-refractivity contribution is 8.09. The predicted octanol–water partition coefficient (Wildman–Crippen LogP) is 2.84. The zero-order valence-electron chi connectivity index (χ0n) is 18.7. The number of carboxylic acids is 1. The highest BCUT2D eigenvalue weighted by atomic mass is 32.2. The lowest BCUT2D eigenvalue weighted by atomic mass is 9.89. The van der Waals surface area contributed by atoms with Crippen LogP contribution in [0.2, 0.25) is 0 Å². The maximum Gasteiger partial charge on any atom is 0.313 e. The number of amides is 2. The van der Waals surface area contributed by atoms with Crippen molar-refractivity contribution in [2.24, 2.45) is 10.6 Å². The van der Waals surface area contributed by atoms with Crippen molar-refractivity contribution in [3.8, 4) is 0 Å². The minimum absolute atomic E-state index is 0.0739. The molecule has 1 aromatic heterocycles. The largest absolute Gasteiger partial charge is 0.481 e. The number of β-lactam (4-membered cyclic amide) rings is 1. The molecule has 188 valence electrons. The minimum Gasteiger partial charge on any atom is -0.481 e. The molecule has 2 N–H and O–H groups in total. The topological polar surface area (TPSA) is 134 Å². The predicted molar refractivity (Wildman–Crippen MR) is 141 cm³/mol. The molecule has 0 saturated carbocycles. The van der Waals surface area contributed by atoms with Gasteiger partial charge in [-0.3, -0.25) is 14.4 Å². The molecule has 3 aliphatic rings. The fourth-order valence-electron chi connectivity index (χ4n) is 3.83. The van der Waals surface area contributed by atoms with E-state index in [1.165, 1.54) is 70.4 Å². The molecule has 0 radical (unpaired) electrons. The second-order valence-electron chi connectivity index (χ2n) is 7.97. The molecule has 2 aromatic rings. The van der Waals surface area contributed by atoms with Crippen molar-refractivity contribution in [3.63, 3.8) is 0 Å². The van der Waals surface area contributed by atoms with Crippen molar-refractivity contribution >= 4 is 81.9 Å². The molecular weight excluding hydrogens is 563 g/mol. The number of aliphatic carboxylic acids is 1. The molecule has 15 heteroatoms. The summed E-state index contributed by atoms with van der Waals surface area (Å²) in [7, 11) is 1.36. The number of thioether (sulfide) groups is 4. The van der Waals surface area contributed by atoms with Gasteiger partial charge < -0.3 is 20.2 Å². The first-order valence-electron chi connectivity index (χ1n) is 10.5. The van der Waals surface area contributed by atoms with E-state index < -0.39 is 23.3 Å². The van der Waals surface area contributed by atoms with Crippen molar-refractivity contribution in [1.82, 2.24) is 20.4 Å². The summed E-state index contributed by atoms with van der Waals surface area (Å²) in [5, 5.41) is 25.9. The summed E-state index contributed by atoms with van der Waals surface area (Å²) in [5.41, 5.74) is 0.567. The van der Waals surface area contributed by atoms with Gasteiger partial charge in [-0.2, -0.15) is 0 Å². The fraction of sp³-hybridized carbons (Fsp3) is 0.333. The Bertz CT molecular complexity index is 1260. The number of hydrogen-bond donors (Lipinski definition) is 2. The molecule has 3 atom stereocenters. The summed E-state index contributed by atoms with van der Waals surface area (Å²) in [5.74, 6) is -1.21. The van der Waals surface area contributed by atoms with Crippen LogP contribution in [0.4, 0.5) is 0 Å². The van der Waals surface area contributed by atoms with Crippen LogP contribution < -0.4 is 5.32 Å². The van der Waals surface area contributed by atoms with Gasteiger partial charge in [0.2, 0.25) is 5.91 Å². The molecule has 36 heavy (non-hydrogen) atoms. The molecular formula is C21H19N5O5S5. The van der Waals surface area contributed by atoms with Crippen LogP contribution >= 0.6 is 58.4 Å². The van der Waals surface area contributed by atoms with Gasteiger partial charge in [-0.15, -0.1) is 22.0 Å². The third kappa shape index (κ3) is 4.86. The number of aromatic nitrogens is 2. The van der Waals surface area contributed by atoms with Crippen molar-refractivity contribution in [2.45, 2.75) is 25.5 Å². The van der Waals surface area contributed by atoms with E-state index >= 15 is 0 Å². The van der Waals surface area contributed by atoms with Gasteiger partial charge in [0.25, 0.3) is 5.91 Å². The Labute approximate surface area is 227 Å². The Morgan fingerprint density at radius 1 is 1.36 bits per heavy atom. The second-order valence-corrected chi connectivity index (χ2v) is 13.1. The summed E-state index contributed by atoms with van der Waals surface area (Å²) >= 11 is 6.92. The number of nitrogens with zero attached hydrogens (tertiary/aromatic N) is 4. The molecule has 2 amide bonds. The van der Waals surface area contributed by atoms with Crippen molar-refractivity contribution in [3.05, 3.63) is 40.1 Å². The average molecular weight is 582 g/mol. The standard InChI is InChI=1S/C21H19N5O5S5/c1-31-25-14(13-6-32-11-4-2-3-5-12(11)36-13)16(27)23-15-17(28)26-7-21(19(29)30,8-33-18(15)26)9-34-20-24-22-10-35-20/h2-6,10,15,18H,7-9H2,1H3,(H,23,27)(H,29,30)/t15?,18-,21?/m1/s1. The smallest absolute Gasteiger partial charge is 0.313 e. The number of nitrogens with one attached hydrogen (secondary N) is 1. The van der Waals surface area contributed by atoms with Gasteiger partial charge in [0, 0.05) is 27.8 Å². The average Bonchev–Trinajstić information content (AvgIpc) is 3.42. The number of hydrogen-bond acceptors (Lipinski definition) is 12. The number of oxime groups is 1. The monoisotopic (exact) mass is 581 g/mol. The maximum absolute atomic E-state index is 13.2. The first kappa shape index (κ1) is 25.4. The molecule has 2 unspecified atom stereocenters. The van der Waals surface area contributed by atoms with Crippen LogP contribution in [-0.2, 0) is 19.2 Å². The summed E-state index contributed by atoms with van der Waals surface area (Å²) < 4.78 is 0.684. The summed E-state index contributed by atoms with van der Waals surface area (Å²) in [6, 6.07) is 7.08. The van der Waals surface area contributed by atoms with E-state index in [1.807, 2.05) is 29.7 Å². The van der Waals surface area contributed by atoms with Gasteiger partial charge in [0.15, 0.2) is 10.1 Å². The molecule has 0 aliphatic carbocycles. The fourth-order valence-corrected chi connectivity index (χ4v) is 9.25. The van der Waals surface area contributed by atoms with E-state index in [9.17, 15) is 19.5 Å². The zero-order valence-corrected chi connectivity index (χ0v) is 22.7. The van der Waals surface area contributed by atoms with Gasteiger partial charge in [-0.1, -0.05) is 63.9 Å². The lowest BCUT2D eigenvalue weighted by molar-refractivity contribution is -0.157. The van der Waals surface area contributed by atoms with Crippen LogP contribution in [0, 0.1) is 5.41 Å². The molecule has 0 spiro atoms. The quantitative estimate of drug-likeness (QED) is 0.206. The summed E-state index contributed by atoms with van der Waals surface area (Å²) in [4.78, 5) is 47.5. The third-order valence-corrected chi connectivity index (χ3v) is 11.8. The highest BCUT2D eigenvalue weighted by Gasteiger charge is 2.57.